The summed E-state index contributed by atoms with van der Waals surface area (Å²) in [4.78, 5) is 9.42. The average Bonchev–Trinajstić information content (AvgIpc) is 2.64. The molecule has 1 saturated heterocycles. The second-order valence-corrected chi connectivity index (χ2v) is 5.50. The van der Waals surface area contributed by atoms with E-state index < -0.39 is 0 Å². The number of nitrogens with zero attached hydrogens (tertiary/aromatic N) is 3. The van der Waals surface area contributed by atoms with Gasteiger partial charge >= 0.3 is 0 Å². The number of aromatic nitrogens is 1. The molecule has 2 heterocycles. The Balaban J connectivity index is 2.14. The molecule has 1 aromatic rings. The van der Waals surface area contributed by atoms with Crippen LogP contribution < -0.4 is 10.6 Å². The third-order valence-electron chi connectivity index (χ3n) is 3.89. The number of nitrogens with two attached hydrogens (primary N) is 1. The minimum Gasteiger partial charge on any atom is -0.355 e. The Kier molecular flexibility index (Phi) is 5.16. The Morgan fingerprint density at radius 3 is 2.95 bits per heavy atom. The molecular weight excluding hydrogens is 236 g/mol. The van der Waals surface area contributed by atoms with Gasteiger partial charge in [-0.15, -0.1) is 0 Å². The number of hydrogen-bond donors (Lipinski definition) is 1. The van der Waals surface area contributed by atoms with Crippen LogP contribution >= 0.6 is 0 Å². The largest absolute Gasteiger partial charge is 0.355 e. The molecule has 0 aliphatic carbocycles. The minimum absolute atomic E-state index is 0.234. The van der Waals surface area contributed by atoms with E-state index in [4.69, 9.17) is 5.73 Å². The number of rotatable bonds is 4. The Hall–Kier alpha value is -1.13. The lowest BCUT2D eigenvalue weighted by molar-refractivity contribution is 0.360. The molecule has 1 unspecified atom stereocenters. The highest BCUT2D eigenvalue weighted by molar-refractivity contribution is 5.47. The second kappa shape index (κ2) is 6.87. The molecule has 0 bridgehead atoms. The molecule has 0 radical (unpaired) electrons. The third kappa shape index (κ3) is 3.91. The fourth-order valence-corrected chi connectivity index (χ4v) is 2.56. The molecular formula is C15H26N4. The van der Waals surface area contributed by atoms with Gasteiger partial charge in [-0.2, -0.15) is 0 Å². The monoisotopic (exact) mass is 262 g/mol. The quantitative estimate of drug-likeness (QED) is 0.893. The van der Waals surface area contributed by atoms with Gasteiger partial charge in [0, 0.05) is 31.9 Å². The summed E-state index contributed by atoms with van der Waals surface area (Å²) >= 11 is 0. The first-order valence-corrected chi connectivity index (χ1v) is 7.33. The lowest BCUT2D eigenvalue weighted by atomic mass is 10.1. The summed E-state index contributed by atoms with van der Waals surface area (Å²) < 4.78 is 0. The van der Waals surface area contributed by atoms with Crippen molar-refractivity contribution in [2.24, 2.45) is 5.73 Å². The summed E-state index contributed by atoms with van der Waals surface area (Å²) in [5, 5.41) is 0. The lowest BCUT2D eigenvalue weighted by Gasteiger charge is -2.25. The van der Waals surface area contributed by atoms with Crippen molar-refractivity contribution in [3.8, 4) is 0 Å². The smallest absolute Gasteiger partial charge is 0.131 e. The zero-order valence-electron chi connectivity index (χ0n) is 12.2. The van der Waals surface area contributed by atoms with E-state index in [1.165, 1.54) is 18.5 Å². The normalized spacial score (nSPS) is 19.2. The van der Waals surface area contributed by atoms with Crippen LogP contribution in [0.25, 0.3) is 0 Å². The first kappa shape index (κ1) is 14.3. The molecule has 1 aliphatic heterocycles. The Labute approximate surface area is 116 Å². The molecule has 106 valence electrons. The predicted molar refractivity (Wildman–Crippen MR) is 80.5 cm³/mol. The fourth-order valence-electron chi connectivity index (χ4n) is 2.56. The van der Waals surface area contributed by atoms with Crippen molar-refractivity contribution in [2.45, 2.75) is 32.2 Å². The summed E-state index contributed by atoms with van der Waals surface area (Å²) in [5.41, 5.74) is 7.39. The fraction of sp³-hybridized carbons (Fsp3) is 0.667. The number of anilines is 1. The Bertz CT molecular complexity index is 393. The van der Waals surface area contributed by atoms with E-state index >= 15 is 0 Å². The van der Waals surface area contributed by atoms with Gasteiger partial charge in [0.25, 0.3) is 0 Å². The summed E-state index contributed by atoms with van der Waals surface area (Å²) in [6.07, 6.45) is 5.03. The molecule has 4 nitrogen and oxygen atoms in total. The van der Waals surface area contributed by atoms with Crippen LogP contribution in [0.4, 0.5) is 5.82 Å². The van der Waals surface area contributed by atoms with E-state index in [-0.39, 0.29) is 6.04 Å². The standard InChI is InChI=1S/C15H26N4/c1-3-14(16)12-13-6-4-7-17-15(13)19-9-5-8-18(2)10-11-19/h4,6-7,14H,3,5,8-12,16H2,1-2H3. The first-order valence-electron chi connectivity index (χ1n) is 7.33. The molecule has 0 spiro atoms. The maximum Gasteiger partial charge on any atom is 0.131 e. The highest BCUT2D eigenvalue weighted by Gasteiger charge is 2.17. The number of likely N-dealkylation sites (N-methyl/N-ethyl adjacent to an activating group) is 1. The van der Waals surface area contributed by atoms with Crippen molar-refractivity contribution in [1.82, 2.24) is 9.88 Å². The molecule has 0 amide bonds. The van der Waals surface area contributed by atoms with Gasteiger partial charge in [0.05, 0.1) is 0 Å². The zero-order valence-corrected chi connectivity index (χ0v) is 12.2. The molecule has 1 atom stereocenters. The number of pyridine rings is 1. The van der Waals surface area contributed by atoms with Crippen LogP contribution in [0.1, 0.15) is 25.3 Å². The zero-order chi connectivity index (χ0) is 13.7. The highest BCUT2D eigenvalue weighted by atomic mass is 15.2. The van der Waals surface area contributed by atoms with Crippen molar-refractivity contribution in [2.75, 3.05) is 38.1 Å². The Morgan fingerprint density at radius 1 is 1.32 bits per heavy atom. The maximum absolute atomic E-state index is 6.10. The van der Waals surface area contributed by atoms with Gasteiger partial charge < -0.3 is 15.5 Å². The second-order valence-electron chi connectivity index (χ2n) is 5.50. The van der Waals surface area contributed by atoms with E-state index in [1.54, 1.807) is 0 Å². The van der Waals surface area contributed by atoms with Crippen LogP contribution in [0.2, 0.25) is 0 Å². The minimum atomic E-state index is 0.234. The van der Waals surface area contributed by atoms with Crippen LogP contribution in [0, 0.1) is 0 Å². The van der Waals surface area contributed by atoms with Gasteiger partial charge in [-0.05, 0) is 44.5 Å². The van der Waals surface area contributed by atoms with Crippen molar-refractivity contribution >= 4 is 5.82 Å². The summed E-state index contributed by atoms with van der Waals surface area (Å²) in [7, 11) is 2.19. The SMILES string of the molecule is CCC(N)Cc1cccnc1N1CCCN(C)CC1. The molecule has 19 heavy (non-hydrogen) atoms. The molecule has 0 aromatic carbocycles. The van der Waals surface area contributed by atoms with Gasteiger partial charge in [0.15, 0.2) is 0 Å². The average molecular weight is 262 g/mol. The molecule has 1 fully saturated rings. The molecule has 2 rings (SSSR count). The third-order valence-corrected chi connectivity index (χ3v) is 3.89. The van der Waals surface area contributed by atoms with Gasteiger partial charge in [-0.25, -0.2) is 4.98 Å². The van der Waals surface area contributed by atoms with Crippen molar-refractivity contribution in [3.05, 3.63) is 23.9 Å². The predicted octanol–water partition coefficient (Wildman–Crippen LogP) is 1.50. The van der Waals surface area contributed by atoms with Gasteiger partial charge in [-0.1, -0.05) is 13.0 Å². The van der Waals surface area contributed by atoms with E-state index in [2.05, 4.69) is 34.8 Å². The molecule has 1 aromatic heterocycles. The lowest BCUT2D eigenvalue weighted by Crippen LogP contribution is -2.31. The first-order chi connectivity index (χ1) is 9.20. The highest BCUT2D eigenvalue weighted by Crippen LogP contribution is 2.20. The van der Waals surface area contributed by atoms with Crippen LogP contribution in [0.5, 0.6) is 0 Å². The number of hydrogen-bond acceptors (Lipinski definition) is 4. The Morgan fingerprint density at radius 2 is 2.16 bits per heavy atom. The summed E-state index contributed by atoms with van der Waals surface area (Å²) in [6, 6.07) is 4.43. The van der Waals surface area contributed by atoms with Gasteiger partial charge in [0.1, 0.15) is 5.82 Å². The van der Waals surface area contributed by atoms with Crippen molar-refractivity contribution in [1.29, 1.82) is 0 Å². The van der Waals surface area contributed by atoms with E-state index in [0.717, 1.165) is 38.3 Å². The van der Waals surface area contributed by atoms with Gasteiger partial charge in [-0.3, -0.25) is 0 Å². The van der Waals surface area contributed by atoms with Crippen LogP contribution in [-0.2, 0) is 6.42 Å². The molecule has 0 saturated carbocycles. The van der Waals surface area contributed by atoms with Crippen LogP contribution in [0.15, 0.2) is 18.3 Å². The maximum atomic E-state index is 6.10. The van der Waals surface area contributed by atoms with E-state index in [0.29, 0.717) is 0 Å². The summed E-state index contributed by atoms with van der Waals surface area (Å²) in [6.45, 7) is 6.57. The van der Waals surface area contributed by atoms with Crippen molar-refractivity contribution in [3.63, 3.8) is 0 Å². The van der Waals surface area contributed by atoms with Gasteiger partial charge in [0.2, 0.25) is 0 Å². The molecule has 2 N–H and O–H groups in total. The topological polar surface area (TPSA) is 45.4 Å². The van der Waals surface area contributed by atoms with Crippen LogP contribution in [0.3, 0.4) is 0 Å². The molecule has 4 heteroatoms. The summed E-state index contributed by atoms with van der Waals surface area (Å²) in [5.74, 6) is 1.14. The van der Waals surface area contributed by atoms with E-state index in [9.17, 15) is 0 Å². The van der Waals surface area contributed by atoms with E-state index in [1.807, 2.05) is 12.3 Å². The van der Waals surface area contributed by atoms with Crippen molar-refractivity contribution < 1.29 is 0 Å². The molecule has 1 aliphatic rings. The van der Waals surface area contributed by atoms with Crippen LogP contribution in [-0.4, -0.2) is 49.2 Å².